The van der Waals surface area contributed by atoms with Crippen molar-refractivity contribution in [1.29, 1.82) is 0 Å². The molecule has 4 nitrogen and oxygen atoms in total. The molecule has 0 N–H and O–H groups in total. The fourth-order valence-electron chi connectivity index (χ4n) is 2.05. The van der Waals surface area contributed by atoms with E-state index in [1.54, 1.807) is 0 Å². The Morgan fingerprint density at radius 2 is 2.25 bits per heavy atom. The van der Waals surface area contributed by atoms with Gasteiger partial charge in [0.2, 0.25) is 0 Å². The van der Waals surface area contributed by atoms with E-state index in [-0.39, 0.29) is 18.2 Å². The van der Waals surface area contributed by atoms with Gasteiger partial charge in [0.1, 0.15) is 0 Å². The van der Waals surface area contributed by atoms with Crippen LogP contribution in [0.25, 0.3) is 5.70 Å². The Hall–Kier alpha value is -2.23. The average Bonchev–Trinajstić information content (AvgIpc) is 2.43. The first-order chi connectivity index (χ1) is 9.69. The van der Waals surface area contributed by atoms with Gasteiger partial charge in [0, 0.05) is 12.0 Å². The lowest BCUT2D eigenvalue weighted by atomic mass is 10.0. The first-order valence-electron chi connectivity index (χ1n) is 6.62. The van der Waals surface area contributed by atoms with Crippen LogP contribution >= 0.6 is 0 Å². The van der Waals surface area contributed by atoms with Gasteiger partial charge in [-0.15, -0.1) is 0 Å². The number of benzene rings is 1. The molecule has 0 atom stereocenters. The van der Waals surface area contributed by atoms with Crippen LogP contribution < -0.4 is 0 Å². The number of ketones is 1. The number of carbonyl (C=O) groups is 2. The van der Waals surface area contributed by atoms with Crippen molar-refractivity contribution in [2.24, 2.45) is 4.99 Å². The summed E-state index contributed by atoms with van der Waals surface area (Å²) in [5, 5.41) is 0. The van der Waals surface area contributed by atoms with Gasteiger partial charge < -0.3 is 4.74 Å². The van der Waals surface area contributed by atoms with E-state index in [9.17, 15) is 9.59 Å². The maximum absolute atomic E-state index is 11.4. The van der Waals surface area contributed by atoms with Crippen molar-refractivity contribution in [2.75, 3.05) is 7.11 Å². The molecule has 104 valence electrons. The van der Waals surface area contributed by atoms with Gasteiger partial charge in [-0.25, -0.2) is 0 Å². The van der Waals surface area contributed by atoms with E-state index in [1.165, 1.54) is 13.3 Å². The highest BCUT2D eigenvalue weighted by Crippen LogP contribution is 2.20. The lowest BCUT2D eigenvalue weighted by molar-refractivity contribution is -0.139. The minimum Gasteiger partial charge on any atom is -0.469 e. The van der Waals surface area contributed by atoms with E-state index < -0.39 is 0 Å². The lowest BCUT2D eigenvalue weighted by Crippen LogP contribution is -2.05. The molecule has 0 aliphatic carbocycles. The maximum atomic E-state index is 11.4. The summed E-state index contributed by atoms with van der Waals surface area (Å²) in [5.74, 6) is -0.214. The summed E-state index contributed by atoms with van der Waals surface area (Å²) in [4.78, 5) is 27.0. The number of ether oxygens (including phenoxy) is 1. The minimum absolute atomic E-state index is 0.0568. The maximum Gasteiger partial charge on any atom is 0.309 e. The Morgan fingerprint density at radius 1 is 1.40 bits per heavy atom. The number of carbonyl (C=O) groups excluding carboxylic acids is 2. The molecule has 0 radical (unpaired) electrons. The van der Waals surface area contributed by atoms with Gasteiger partial charge in [-0.2, -0.15) is 0 Å². The Balaban J connectivity index is 2.23. The van der Waals surface area contributed by atoms with Crippen molar-refractivity contribution >= 4 is 23.7 Å². The molecule has 0 saturated heterocycles. The third-order valence-corrected chi connectivity index (χ3v) is 3.11. The van der Waals surface area contributed by atoms with Crippen LogP contribution in [0.5, 0.6) is 0 Å². The molecule has 1 aromatic rings. The molecule has 1 aliphatic heterocycles. The third kappa shape index (κ3) is 3.88. The van der Waals surface area contributed by atoms with Crippen LogP contribution in [0.1, 0.15) is 30.4 Å². The Morgan fingerprint density at radius 3 is 3.05 bits per heavy atom. The molecule has 0 unspecified atom stereocenters. The smallest absolute Gasteiger partial charge is 0.309 e. The molecule has 0 bridgehead atoms. The molecule has 4 heteroatoms. The minimum atomic E-state index is -0.271. The van der Waals surface area contributed by atoms with Crippen molar-refractivity contribution in [2.45, 2.75) is 25.7 Å². The van der Waals surface area contributed by atoms with Crippen molar-refractivity contribution in [3.8, 4) is 0 Å². The van der Waals surface area contributed by atoms with Crippen molar-refractivity contribution < 1.29 is 14.3 Å². The topological polar surface area (TPSA) is 55.7 Å². The number of esters is 1. The molecule has 0 spiro atoms. The van der Waals surface area contributed by atoms with Gasteiger partial charge >= 0.3 is 5.97 Å². The summed E-state index contributed by atoms with van der Waals surface area (Å²) in [6.07, 6.45) is 5.88. The summed E-state index contributed by atoms with van der Waals surface area (Å²) >= 11 is 0. The standard InChI is InChI=1S/C16H17NO3/c1-20-16(19)10-12-5-4-6-13(9-12)15-8-3-2-7-14(18)11-17-15/h4-6,8-9,11H,2-3,7,10H2,1H3/b15-8-,17-11?. The van der Waals surface area contributed by atoms with E-state index in [0.717, 1.165) is 29.7 Å². The second-order valence-electron chi connectivity index (χ2n) is 4.66. The first-order valence-corrected chi connectivity index (χ1v) is 6.62. The van der Waals surface area contributed by atoms with E-state index in [2.05, 4.69) is 9.73 Å². The van der Waals surface area contributed by atoms with Gasteiger partial charge in [0.25, 0.3) is 0 Å². The largest absolute Gasteiger partial charge is 0.469 e. The summed E-state index contributed by atoms with van der Waals surface area (Å²) in [7, 11) is 1.37. The summed E-state index contributed by atoms with van der Waals surface area (Å²) in [6.45, 7) is 0. The molecule has 1 aliphatic rings. The Kier molecular flexibility index (Phi) is 4.82. The fourth-order valence-corrected chi connectivity index (χ4v) is 2.05. The second-order valence-corrected chi connectivity index (χ2v) is 4.66. The molecule has 1 heterocycles. The number of Topliss-reactive ketones (excluding diaryl/α,β-unsaturated/α-hetero) is 1. The van der Waals surface area contributed by atoms with Crippen LogP contribution in [0.3, 0.4) is 0 Å². The van der Waals surface area contributed by atoms with Gasteiger partial charge in [0.15, 0.2) is 5.78 Å². The molecular formula is C16H17NO3. The number of allylic oxidation sites excluding steroid dienone is 1. The second kappa shape index (κ2) is 6.80. The molecular weight excluding hydrogens is 254 g/mol. The Bertz CT molecular complexity index is 573. The van der Waals surface area contributed by atoms with Crippen LogP contribution in [0, 0.1) is 0 Å². The monoisotopic (exact) mass is 271 g/mol. The third-order valence-electron chi connectivity index (χ3n) is 3.11. The van der Waals surface area contributed by atoms with Crippen molar-refractivity contribution in [3.63, 3.8) is 0 Å². The first kappa shape index (κ1) is 14.2. The number of methoxy groups -OCH3 is 1. The molecule has 0 amide bonds. The SMILES string of the molecule is COC(=O)Cc1cccc(/C2=C/CCCC(=O)C=N2)c1. The van der Waals surface area contributed by atoms with Crippen LogP contribution in [0.4, 0.5) is 0 Å². The fraction of sp³-hybridized carbons (Fsp3) is 0.312. The van der Waals surface area contributed by atoms with Crippen molar-refractivity contribution in [1.82, 2.24) is 0 Å². The zero-order valence-electron chi connectivity index (χ0n) is 11.5. The number of aliphatic imine (C=N–C) groups is 1. The molecule has 0 fully saturated rings. The quantitative estimate of drug-likeness (QED) is 0.794. The Labute approximate surface area is 118 Å². The molecule has 0 saturated carbocycles. The number of hydrogen-bond acceptors (Lipinski definition) is 4. The number of rotatable bonds is 3. The molecule has 20 heavy (non-hydrogen) atoms. The predicted molar refractivity (Wildman–Crippen MR) is 77.5 cm³/mol. The van der Waals surface area contributed by atoms with Crippen molar-refractivity contribution in [3.05, 3.63) is 41.5 Å². The van der Waals surface area contributed by atoms with Gasteiger partial charge in [-0.05, 0) is 24.5 Å². The highest BCUT2D eigenvalue weighted by molar-refractivity contribution is 6.28. The van der Waals surface area contributed by atoms with Gasteiger partial charge in [-0.3, -0.25) is 14.6 Å². The summed E-state index contributed by atoms with van der Waals surface area (Å²) in [6, 6.07) is 7.59. The summed E-state index contributed by atoms with van der Waals surface area (Å²) < 4.78 is 4.66. The molecule has 2 rings (SSSR count). The van der Waals surface area contributed by atoms with Gasteiger partial charge in [-0.1, -0.05) is 24.3 Å². The number of hydrogen-bond donors (Lipinski definition) is 0. The van der Waals surface area contributed by atoms with Crippen LogP contribution in [-0.4, -0.2) is 25.1 Å². The zero-order chi connectivity index (χ0) is 14.4. The average molecular weight is 271 g/mol. The van der Waals surface area contributed by atoms with E-state index in [1.807, 2.05) is 30.3 Å². The van der Waals surface area contributed by atoms with E-state index in [4.69, 9.17) is 0 Å². The molecule has 0 aromatic heterocycles. The van der Waals surface area contributed by atoms with Crippen LogP contribution in [0.15, 0.2) is 35.3 Å². The summed E-state index contributed by atoms with van der Waals surface area (Å²) in [5.41, 5.74) is 2.57. The predicted octanol–water partition coefficient (Wildman–Crippen LogP) is 2.57. The van der Waals surface area contributed by atoms with Crippen LogP contribution in [0.2, 0.25) is 0 Å². The highest BCUT2D eigenvalue weighted by Gasteiger charge is 2.08. The van der Waals surface area contributed by atoms with E-state index >= 15 is 0 Å². The normalized spacial score (nSPS) is 17.9. The zero-order valence-corrected chi connectivity index (χ0v) is 11.5. The van der Waals surface area contributed by atoms with E-state index in [0.29, 0.717) is 6.42 Å². The molecule has 1 aromatic carbocycles. The van der Waals surface area contributed by atoms with Crippen LogP contribution in [-0.2, 0) is 20.7 Å². The number of nitrogens with zero attached hydrogens (tertiary/aromatic N) is 1. The van der Waals surface area contributed by atoms with Gasteiger partial charge in [0.05, 0.1) is 25.4 Å². The highest BCUT2D eigenvalue weighted by atomic mass is 16.5. The lowest BCUT2D eigenvalue weighted by Gasteiger charge is -2.07.